The van der Waals surface area contributed by atoms with Gasteiger partial charge >= 0.3 is 11.9 Å². The minimum absolute atomic E-state index is 0.0926. The van der Waals surface area contributed by atoms with Crippen molar-refractivity contribution in [2.45, 2.75) is 0 Å². The van der Waals surface area contributed by atoms with E-state index in [1.54, 1.807) is 0 Å². The zero-order valence-electron chi connectivity index (χ0n) is 7.54. The van der Waals surface area contributed by atoms with E-state index in [2.05, 4.69) is 22.4 Å². The summed E-state index contributed by atoms with van der Waals surface area (Å²) in [6.45, 7) is 0. The Bertz CT molecular complexity index is 229. The lowest BCUT2D eigenvalue weighted by atomic mass is 10.7. The van der Waals surface area contributed by atoms with Gasteiger partial charge < -0.3 is 39.0 Å². The molecule has 0 heterocycles. The van der Waals surface area contributed by atoms with Crippen LogP contribution in [0.25, 0.3) is 0 Å². The molecule has 0 amide bonds. The number of hydrogen-bond donors (Lipinski definition) is 8. The normalized spacial score (nSPS) is 6.67. The Kier molecular flexibility index (Phi) is 13.6. The molecule has 0 bridgehead atoms. The van der Waals surface area contributed by atoms with Crippen LogP contribution in [0.3, 0.4) is 0 Å². The third-order valence-electron chi connectivity index (χ3n) is 0.332. The highest BCUT2D eigenvalue weighted by molar-refractivity contribution is 6.27. The van der Waals surface area contributed by atoms with Gasteiger partial charge in [-0.15, -0.1) is 5.10 Å². The Labute approximate surface area is 84.0 Å². The van der Waals surface area contributed by atoms with E-state index in [4.69, 9.17) is 36.7 Å². The Morgan fingerprint density at radius 2 is 1.13 bits per heavy atom. The molecule has 0 saturated heterocycles. The van der Waals surface area contributed by atoms with Crippen molar-refractivity contribution in [3.8, 4) is 0 Å². The van der Waals surface area contributed by atoms with E-state index in [-0.39, 0.29) is 11.9 Å². The summed E-state index contributed by atoms with van der Waals surface area (Å²) in [5, 5.41) is 23.7. The van der Waals surface area contributed by atoms with Crippen LogP contribution in [-0.4, -0.2) is 34.1 Å². The first-order chi connectivity index (χ1) is 6.64. The van der Waals surface area contributed by atoms with Crippen LogP contribution < -0.4 is 28.8 Å². The van der Waals surface area contributed by atoms with Crippen molar-refractivity contribution < 1.29 is 19.8 Å². The second kappa shape index (κ2) is 11.3. The highest BCUT2D eigenvalue weighted by Gasteiger charge is 2.04. The highest BCUT2D eigenvalue weighted by Crippen LogP contribution is 1.56. The SMILES string of the molecule is N=C(N)N.NN=C(N)N.O=C(O)C(=O)O. The Hall–Kier alpha value is -2.72. The maximum absolute atomic E-state index is 9.10. The van der Waals surface area contributed by atoms with Crippen molar-refractivity contribution in [3.05, 3.63) is 0 Å². The zero-order valence-corrected chi connectivity index (χ0v) is 7.54. The van der Waals surface area contributed by atoms with Crippen LogP contribution in [0.5, 0.6) is 0 Å². The number of carbonyl (C=O) groups is 2. The Morgan fingerprint density at radius 3 is 1.13 bits per heavy atom. The molecule has 11 heteroatoms. The van der Waals surface area contributed by atoms with Crippen LogP contribution in [-0.2, 0) is 9.59 Å². The molecule has 0 fully saturated rings. The summed E-state index contributed by atoms with van der Waals surface area (Å²) in [6, 6.07) is 0. The van der Waals surface area contributed by atoms with Gasteiger partial charge in [0.25, 0.3) is 0 Å². The fourth-order valence-electron chi connectivity index (χ4n) is 0. The van der Waals surface area contributed by atoms with E-state index in [1.807, 2.05) is 0 Å². The summed E-state index contributed by atoms with van der Waals surface area (Å²) in [4.78, 5) is 18.2. The van der Waals surface area contributed by atoms with E-state index < -0.39 is 11.9 Å². The fourth-order valence-corrected chi connectivity index (χ4v) is 0. The summed E-state index contributed by atoms with van der Waals surface area (Å²) in [5.41, 5.74) is 18.3. The number of nitrogens with two attached hydrogens (primary N) is 5. The summed E-state index contributed by atoms with van der Waals surface area (Å²) in [5.74, 6) is 0.435. The number of nitrogens with zero attached hydrogens (tertiary/aromatic N) is 1. The van der Waals surface area contributed by atoms with Gasteiger partial charge in [0.2, 0.25) is 5.96 Å². The molecule has 0 aliphatic heterocycles. The van der Waals surface area contributed by atoms with E-state index in [0.29, 0.717) is 0 Å². The van der Waals surface area contributed by atoms with Gasteiger partial charge in [-0.25, -0.2) is 9.59 Å². The van der Waals surface area contributed by atoms with Gasteiger partial charge in [0, 0.05) is 0 Å². The lowest BCUT2D eigenvalue weighted by Crippen LogP contribution is -2.23. The molecule has 0 aromatic heterocycles. The minimum Gasteiger partial charge on any atom is -0.473 e. The van der Waals surface area contributed by atoms with Crippen molar-refractivity contribution in [1.82, 2.24) is 0 Å². The van der Waals surface area contributed by atoms with Crippen molar-refractivity contribution in [2.24, 2.45) is 33.9 Å². The standard InChI is InChI=1S/C2H2O4.CH6N4.CH5N3/c3-1(4)2(5)6;2-1(3)5-4;2-1(3)4/h(H,3,4)(H,5,6);4H2,(H4,2,3,5);(H5,2,3,4). The van der Waals surface area contributed by atoms with Crippen LogP contribution in [0.4, 0.5) is 0 Å². The topological polar surface area (TPSA) is 241 Å². The molecule has 0 spiro atoms. The number of hydrogen-bond acceptors (Lipinski definition) is 5. The first kappa shape index (κ1) is 18.1. The molecule has 0 unspecified atom stereocenters. The predicted octanol–water partition coefficient (Wildman–Crippen LogP) is -3.87. The highest BCUT2D eigenvalue weighted by atomic mass is 16.4. The van der Waals surface area contributed by atoms with Gasteiger partial charge in [0.1, 0.15) is 0 Å². The summed E-state index contributed by atoms with van der Waals surface area (Å²) < 4.78 is 0. The molecule has 15 heavy (non-hydrogen) atoms. The van der Waals surface area contributed by atoms with Gasteiger partial charge in [-0.3, -0.25) is 5.41 Å². The molecular formula is C4H13N7O4. The predicted molar refractivity (Wildman–Crippen MR) is 51.4 cm³/mol. The lowest BCUT2D eigenvalue weighted by Gasteiger charge is -1.76. The smallest absolute Gasteiger partial charge is 0.414 e. The minimum atomic E-state index is -1.82. The van der Waals surface area contributed by atoms with Crippen LogP contribution in [0.15, 0.2) is 5.10 Å². The van der Waals surface area contributed by atoms with Crippen molar-refractivity contribution >= 4 is 23.9 Å². The number of carboxylic acid groups (broad SMARTS) is 2. The molecule has 11 nitrogen and oxygen atoms in total. The van der Waals surface area contributed by atoms with E-state index >= 15 is 0 Å². The first-order valence-corrected chi connectivity index (χ1v) is 2.99. The second-order valence-electron chi connectivity index (χ2n) is 1.62. The third kappa shape index (κ3) is 90.3. The summed E-state index contributed by atoms with van der Waals surface area (Å²) in [7, 11) is 0. The molecule has 0 radical (unpaired) electrons. The lowest BCUT2D eigenvalue weighted by molar-refractivity contribution is -0.159. The molecule has 0 atom stereocenters. The van der Waals surface area contributed by atoms with Gasteiger partial charge in [0.05, 0.1) is 0 Å². The van der Waals surface area contributed by atoms with Crippen LogP contribution >= 0.6 is 0 Å². The number of nitrogens with one attached hydrogen (secondary N) is 1. The van der Waals surface area contributed by atoms with Gasteiger partial charge in [-0.1, -0.05) is 0 Å². The first-order valence-electron chi connectivity index (χ1n) is 2.99. The zero-order chi connectivity index (χ0) is 13.0. The average Bonchev–Trinajstić information content (AvgIpc) is 2.04. The quantitative estimate of drug-likeness (QED) is 0.0656. The van der Waals surface area contributed by atoms with Crippen LogP contribution in [0, 0.1) is 5.41 Å². The molecule has 0 aromatic rings. The number of aliphatic carboxylic acids is 2. The number of hydrazone groups is 1. The van der Waals surface area contributed by atoms with E-state index in [0.717, 1.165) is 0 Å². The number of carboxylic acids is 2. The molecule has 13 N–H and O–H groups in total. The Balaban J connectivity index is -0.000000147. The van der Waals surface area contributed by atoms with Crippen molar-refractivity contribution in [2.75, 3.05) is 0 Å². The average molecular weight is 223 g/mol. The summed E-state index contributed by atoms with van der Waals surface area (Å²) in [6.07, 6.45) is 0. The van der Waals surface area contributed by atoms with Gasteiger partial charge in [-0.2, -0.15) is 0 Å². The molecule has 0 aliphatic rings. The Morgan fingerprint density at radius 1 is 1.00 bits per heavy atom. The van der Waals surface area contributed by atoms with Crippen LogP contribution in [0.1, 0.15) is 0 Å². The number of guanidine groups is 2. The maximum Gasteiger partial charge on any atom is 0.414 e. The molecule has 0 saturated carbocycles. The van der Waals surface area contributed by atoms with Gasteiger partial charge in [0.15, 0.2) is 5.96 Å². The molecule has 88 valence electrons. The number of rotatable bonds is 0. The molecule has 0 aliphatic carbocycles. The maximum atomic E-state index is 9.10. The summed E-state index contributed by atoms with van der Waals surface area (Å²) >= 11 is 0. The van der Waals surface area contributed by atoms with Crippen LogP contribution in [0.2, 0.25) is 0 Å². The fraction of sp³-hybridized carbons (Fsp3) is 0. The second-order valence-corrected chi connectivity index (χ2v) is 1.62. The van der Waals surface area contributed by atoms with E-state index in [1.165, 1.54) is 0 Å². The van der Waals surface area contributed by atoms with E-state index in [9.17, 15) is 0 Å². The molecular weight excluding hydrogens is 210 g/mol. The molecule has 0 rings (SSSR count). The largest absolute Gasteiger partial charge is 0.473 e. The van der Waals surface area contributed by atoms with Crippen molar-refractivity contribution in [1.29, 1.82) is 5.41 Å². The third-order valence-corrected chi connectivity index (χ3v) is 0.332. The monoisotopic (exact) mass is 223 g/mol. The van der Waals surface area contributed by atoms with Crippen molar-refractivity contribution in [3.63, 3.8) is 0 Å². The molecule has 0 aromatic carbocycles. The van der Waals surface area contributed by atoms with Gasteiger partial charge in [-0.05, 0) is 0 Å².